The molecule has 6 nitrogen and oxygen atoms in total. The largest absolute Gasteiger partial charge is 0.371 e. The fourth-order valence-electron chi connectivity index (χ4n) is 2.78. The molecule has 2 amide bonds. The Balaban J connectivity index is 1.85. The van der Waals surface area contributed by atoms with Gasteiger partial charge in [0.1, 0.15) is 0 Å². The van der Waals surface area contributed by atoms with Crippen molar-refractivity contribution >= 4 is 29.0 Å². The average Bonchev–Trinajstić information content (AvgIpc) is 2.74. The number of amides is 2. The van der Waals surface area contributed by atoms with Crippen LogP contribution in [0.25, 0.3) is 0 Å². The summed E-state index contributed by atoms with van der Waals surface area (Å²) in [6.07, 6.45) is 1.71. The number of primary amides is 1. The van der Waals surface area contributed by atoms with Gasteiger partial charge in [-0.25, -0.2) is 0 Å². The van der Waals surface area contributed by atoms with Crippen LogP contribution in [0.15, 0.2) is 18.2 Å². The first kappa shape index (κ1) is 12.7. The average molecular weight is 273 g/mol. The van der Waals surface area contributed by atoms with E-state index in [1.165, 1.54) is 0 Å². The van der Waals surface area contributed by atoms with Gasteiger partial charge in [-0.1, -0.05) is 0 Å². The minimum Gasteiger partial charge on any atom is -0.371 e. The van der Waals surface area contributed by atoms with Gasteiger partial charge in [0.15, 0.2) is 0 Å². The number of carbonyl (C=O) groups excluding carboxylic acids is 3. The molecule has 0 spiro atoms. The molecule has 3 N–H and O–H groups in total. The van der Waals surface area contributed by atoms with E-state index in [1.807, 2.05) is 0 Å². The van der Waals surface area contributed by atoms with E-state index in [4.69, 9.17) is 5.73 Å². The van der Waals surface area contributed by atoms with Crippen LogP contribution in [0, 0.1) is 5.92 Å². The number of rotatable bonds is 2. The van der Waals surface area contributed by atoms with Crippen LogP contribution in [0.4, 0.5) is 11.4 Å². The van der Waals surface area contributed by atoms with Crippen molar-refractivity contribution in [1.29, 1.82) is 0 Å². The van der Waals surface area contributed by atoms with Gasteiger partial charge >= 0.3 is 0 Å². The molecular formula is C14H15N3O3. The number of benzene rings is 1. The topological polar surface area (TPSA) is 92.5 Å². The maximum Gasteiger partial charge on any atom is 0.296 e. The van der Waals surface area contributed by atoms with Crippen molar-refractivity contribution in [3.8, 4) is 0 Å². The van der Waals surface area contributed by atoms with Gasteiger partial charge in [0.05, 0.1) is 17.2 Å². The summed E-state index contributed by atoms with van der Waals surface area (Å²) >= 11 is 0. The van der Waals surface area contributed by atoms with Crippen molar-refractivity contribution in [3.05, 3.63) is 23.8 Å². The first-order valence-corrected chi connectivity index (χ1v) is 6.60. The van der Waals surface area contributed by atoms with Crippen molar-refractivity contribution in [2.75, 3.05) is 23.3 Å². The fourth-order valence-corrected chi connectivity index (χ4v) is 2.78. The van der Waals surface area contributed by atoms with Gasteiger partial charge in [0.2, 0.25) is 5.91 Å². The summed E-state index contributed by atoms with van der Waals surface area (Å²) in [6.45, 7) is 1.42. The van der Waals surface area contributed by atoms with E-state index in [2.05, 4.69) is 10.2 Å². The van der Waals surface area contributed by atoms with Crippen molar-refractivity contribution in [2.45, 2.75) is 12.8 Å². The summed E-state index contributed by atoms with van der Waals surface area (Å²) in [6, 6.07) is 5.24. The van der Waals surface area contributed by atoms with Gasteiger partial charge in [-0.3, -0.25) is 14.4 Å². The highest BCUT2D eigenvalue weighted by molar-refractivity contribution is 6.51. The van der Waals surface area contributed by atoms with Gasteiger partial charge in [0, 0.05) is 18.8 Å². The SMILES string of the molecule is NC(=O)C1CCCN(c2ccc3c(c2)NC(=O)C3=O)C1. The first-order chi connectivity index (χ1) is 9.56. The van der Waals surface area contributed by atoms with Crippen molar-refractivity contribution in [3.63, 3.8) is 0 Å². The number of anilines is 2. The second-order valence-electron chi connectivity index (χ2n) is 5.20. The fraction of sp³-hybridized carbons (Fsp3) is 0.357. The molecule has 1 aromatic rings. The molecule has 1 unspecified atom stereocenters. The smallest absolute Gasteiger partial charge is 0.296 e. The lowest BCUT2D eigenvalue weighted by Gasteiger charge is -2.33. The Kier molecular flexibility index (Phi) is 2.93. The predicted octanol–water partition coefficient (Wildman–Crippen LogP) is 0.523. The molecule has 1 saturated heterocycles. The van der Waals surface area contributed by atoms with Crippen LogP contribution in [0.1, 0.15) is 23.2 Å². The van der Waals surface area contributed by atoms with Gasteiger partial charge in [-0.15, -0.1) is 0 Å². The molecule has 20 heavy (non-hydrogen) atoms. The molecule has 0 bridgehead atoms. The van der Waals surface area contributed by atoms with Crippen LogP contribution in [0.3, 0.4) is 0 Å². The Labute approximate surface area is 115 Å². The Bertz CT molecular complexity index is 612. The normalized spacial score (nSPS) is 21.6. The summed E-state index contributed by atoms with van der Waals surface area (Å²) in [7, 11) is 0. The van der Waals surface area contributed by atoms with Crippen LogP contribution in [-0.4, -0.2) is 30.7 Å². The number of nitrogens with zero attached hydrogens (tertiary/aromatic N) is 1. The number of hydrogen-bond donors (Lipinski definition) is 2. The Morgan fingerprint density at radius 1 is 1.35 bits per heavy atom. The summed E-state index contributed by atoms with van der Waals surface area (Å²) < 4.78 is 0. The van der Waals surface area contributed by atoms with Gasteiger partial charge in [0.25, 0.3) is 11.7 Å². The molecule has 6 heteroatoms. The maximum absolute atomic E-state index is 11.5. The number of nitrogens with one attached hydrogen (secondary N) is 1. The molecule has 2 aliphatic heterocycles. The number of Topliss-reactive ketones (excluding diaryl/α,β-unsaturated/α-hetero) is 1. The molecule has 1 aromatic carbocycles. The quantitative estimate of drug-likeness (QED) is 0.768. The second kappa shape index (κ2) is 4.63. The van der Waals surface area contributed by atoms with Crippen LogP contribution in [-0.2, 0) is 9.59 Å². The Morgan fingerprint density at radius 2 is 2.15 bits per heavy atom. The highest BCUT2D eigenvalue weighted by Crippen LogP contribution is 2.30. The highest BCUT2D eigenvalue weighted by Gasteiger charge is 2.29. The Morgan fingerprint density at radius 3 is 2.90 bits per heavy atom. The molecule has 2 heterocycles. The molecule has 0 aliphatic carbocycles. The van der Waals surface area contributed by atoms with Gasteiger partial charge in [-0.05, 0) is 31.0 Å². The van der Waals surface area contributed by atoms with Crippen LogP contribution in [0.5, 0.6) is 0 Å². The molecule has 0 radical (unpaired) electrons. The number of carbonyl (C=O) groups is 3. The molecule has 1 atom stereocenters. The van der Waals surface area contributed by atoms with Gasteiger partial charge in [-0.2, -0.15) is 0 Å². The summed E-state index contributed by atoms with van der Waals surface area (Å²) in [5.41, 5.74) is 7.21. The van der Waals surface area contributed by atoms with E-state index in [0.29, 0.717) is 17.8 Å². The summed E-state index contributed by atoms with van der Waals surface area (Å²) in [5, 5.41) is 2.55. The lowest BCUT2D eigenvalue weighted by Crippen LogP contribution is -2.41. The van der Waals surface area contributed by atoms with Crippen molar-refractivity contribution < 1.29 is 14.4 Å². The molecular weight excluding hydrogens is 258 g/mol. The molecule has 3 rings (SSSR count). The van der Waals surface area contributed by atoms with E-state index in [1.54, 1.807) is 18.2 Å². The van der Waals surface area contributed by atoms with E-state index in [9.17, 15) is 14.4 Å². The maximum atomic E-state index is 11.5. The third-order valence-electron chi connectivity index (χ3n) is 3.89. The second-order valence-corrected chi connectivity index (χ2v) is 5.20. The number of nitrogens with two attached hydrogens (primary N) is 1. The van der Waals surface area contributed by atoms with E-state index in [0.717, 1.165) is 25.1 Å². The number of piperidine rings is 1. The van der Waals surface area contributed by atoms with Crippen molar-refractivity contribution in [1.82, 2.24) is 0 Å². The molecule has 1 fully saturated rings. The minimum atomic E-state index is -0.592. The summed E-state index contributed by atoms with van der Waals surface area (Å²) in [5.74, 6) is -1.52. The monoisotopic (exact) mass is 273 g/mol. The minimum absolute atomic E-state index is 0.145. The zero-order valence-electron chi connectivity index (χ0n) is 10.9. The number of fused-ring (bicyclic) bond motifs is 1. The molecule has 104 valence electrons. The number of ketones is 1. The zero-order valence-corrected chi connectivity index (χ0v) is 10.9. The Hall–Kier alpha value is -2.37. The number of hydrogen-bond acceptors (Lipinski definition) is 4. The lowest BCUT2D eigenvalue weighted by atomic mass is 9.97. The lowest BCUT2D eigenvalue weighted by molar-refractivity contribution is -0.122. The third-order valence-corrected chi connectivity index (χ3v) is 3.89. The first-order valence-electron chi connectivity index (χ1n) is 6.60. The standard InChI is InChI=1S/C14H15N3O3/c15-13(19)8-2-1-5-17(7-8)9-3-4-10-11(6-9)16-14(20)12(10)18/h3-4,6,8H,1-2,5,7H2,(H2,15,19)(H,16,18,20). The van der Waals surface area contributed by atoms with Crippen LogP contribution in [0.2, 0.25) is 0 Å². The highest BCUT2D eigenvalue weighted by atomic mass is 16.2. The predicted molar refractivity (Wildman–Crippen MR) is 73.5 cm³/mol. The van der Waals surface area contributed by atoms with E-state index >= 15 is 0 Å². The van der Waals surface area contributed by atoms with E-state index in [-0.39, 0.29) is 11.8 Å². The third kappa shape index (κ3) is 2.03. The van der Waals surface area contributed by atoms with Crippen LogP contribution < -0.4 is 16.0 Å². The molecule has 2 aliphatic rings. The molecule has 0 aromatic heterocycles. The van der Waals surface area contributed by atoms with Crippen molar-refractivity contribution in [2.24, 2.45) is 11.7 Å². The molecule has 0 saturated carbocycles. The van der Waals surface area contributed by atoms with Crippen LogP contribution >= 0.6 is 0 Å². The zero-order chi connectivity index (χ0) is 14.3. The van der Waals surface area contributed by atoms with E-state index < -0.39 is 11.7 Å². The summed E-state index contributed by atoms with van der Waals surface area (Å²) in [4.78, 5) is 36.2. The van der Waals surface area contributed by atoms with Gasteiger partial charge < -0.3 is 16.0 Å².